The van der Waals surface area contributed by atoms with Crippen molar-refractivity contribution in [3.05, 3.63) is 36.5 Å². The molecule has 36 heavy (non-hydrogen) atoms. The number of aliphatic carboxylic acids is 1. The normalized spacial score (nSPS) is 14.1. The van der Waals surface area contributed by atoms with E-state index in [2.05, 4.69) is 43.4 Å². The number of nitrogens with zero attached hydrogens (tertiary/aromatic N) is 1. The fraction of sp³-hybridized carbons (Fsp3) is 0.714. The molecule has 1 N–H and O–H groups in total. The molecule has 0 aliphatic heterocycles. The molecular weight excluding hydrogens is 462 g/mol. The summed E-state index contributed by atoms with van der Waals surface area (Å²) in [6, 6.07) is 0. The van der Waals surface area contributed by atoms with Gasteiger partial charge in [0, 0.05) is 6.42 Å². The summed E-state index contributed by atoms with van der Waals surface area (Å²) in [6.45, 7) is 2.29. The second-order valence-corrected chi connectivity index (χ2v) is 9.81. The Morgan fingerprint density at radius 2 is 1.47 bits per heavy atom. The van der Waals surface area contributed by atoms with Gasteiger partial charge in [-0.25, -0.2) is 0 Å². The molecule has 0 radical (unpaired) electrons. The van der Waals surface area contributed by atoms with Gasteiger partial charge in [0.25, 0.3) is 0 Å². The molecule has 2 atom stereocenters. The fourth-order valence-corrected chi connectivity index (χ4v) is 3.01. The number of ether oxygens (including phenoxy) is 3. The van der Waals surface area contributed by atoms with Gasteiger partial charge >= 0.3 is 5.97 Å². The van der Waals surface area contributed by atoms with Gasteiger partial charge in [0.05, 0.1) is 40.3 Å². The number of carboxylic acids is 1. The Bertz CT molecular complexity index is 653. The molecule has 0 aromatic heterocycles. The molecule has 0 fully saturated rings. The molecule has 0 aromatic carbocycles. The van der Waals surface area contributed by atoms with Crippen LogP contribution in [0.5, 0.6) is 0 Å². The first-order valence-corrected chi connectivity index (χ1v) is 13.2. The lowest BCUT2D eigenvalue weighted by molar-refractivity contribution is -0.870. The Hall–Kier alpha value is -2.00. The highest BCUT2D eigenvalue weighted by atomic mass is 16.7. The minimum Gasteiger partial charge on any atom is -0.545 e. The van der Waals surface area contributed by atoms with E-state index >= 15 is 0 Å². The van der Waals surface area contributed by atoms with E-state index in [1.807, 2.05) is 21.1 Å². The lowest BCUT2D eigenvalue weighted by Crippen LogP contribution is -2.44. The van der Waals surface area contributed by atoms with Crippen molar-refractivity contribution in [2.45, 2.75) is 83.5 Å². The standard InChI is InChI=1S/C28H49NO7/c1-5-6-7-8-9-10-11-12-13-14-15-16-17-18-19-20-26(31)35-23-25(30)24-36-28(27(32)33)34-22-21-29(2,3)4/h6-7,9-10,12-13,25,28,30H,5,8,11,14-24H2,1-4H3/b7-6-,10-9-,13-12-. The van der Waals surface area contributed by atoms with E-state index < -0.39 is 18.4 Å². The molecule has 208 valence electrons. The van der Waals surface area contributed by atoms with Gasteiger partial charge in [0.15, 0.2) is 6.29 Å². The minimum absolute atomic E-state index is 0.166. The first-order valence-electron chi connectivity index (χ1n) is 13.2. The van der Waals surface area contributed by atoms with Crippen molar-refractivity contribution in [1.82, 2.24) is 0 Å². The van der Waals surface area contributed by atoms with Gasteiger partial charge < -0.3 is 33.7 Å². The number of rotatable bonds is 23. The Labute approximate surface area is 218 Å². The largest absolute Gasteiger partial charge is 0.545 e. The molecule has 8 nitrogen and oxygen atoms in total. The van der Waals surface area contributed by atoms with Crippen molar-refractivity contribution < 1.29 is 38.5 Å². The third-order valence-corrected chi connectivity index (χ3v) is 5.13. The number of allylic oxidation sites excluding steroid dienone is 6. The van der Waals surface area contributed by atoms with Crippen LogP contribution in [0.15, 0.2) is 36.5 Å². The first kappa shape index (κ1) is 34.0. The summed E-state index contributed by atoms with van der Waals surface area (Å²) in [6.07, 6.45) is 19.9. The number of hydrogen-bond donors (Lipinski definition) is 1. The molecule has 8 heteroatoms. The quantitative estimate of drug-likeness (QED) is 0.0738. The molecule has 0 aliphatic carbocycles. The number of aliphatic hydroxyl groups is 1. The van der Waals surface area contributed by atoms with Crippen LogP contribution in [0.4, 0.5) is 0 Å². The molecule has 0 saturated carbocycles. The molecular formula is C28H49NO7. The van der Waals surface area contributed by atoms with E-state index in [4.69, 9.17) is 14.2 Å². The lowest BCUT2D eigenvalue weighted by atomic mass is 10.1. The van der Waals surface area contributed by atoms with E-state index in [9.17, 15) is 19.8 Å². The number of carbonyl (C=O) groups is 2. The summed E-state index contributed by atoms with van der Waals surface area (Å²) in [4.78, 5) is 23.0. The van der Waals surface area contributed by atoms with Crippen LogP contribution < -0.4 is 5.11 Å². The summed E-state index contributed by atoms with van der Waals surface area (Å²) in [7, 11) is 5.85. The van der Waals surface area contributed by atoms with Gasteiger partial charge in [-0.05, 0) is 38.5 Å². The van der Waals surface area contributed by atoms with Crippen LogP contribution in [0.1, 0.15) is 71.1 Å². The average molecular weight is 512 g/mol. The summed E-state index contributed by atoms with van der Waals surface area (Å²) < 4.78 is 15.9. The zero-order valence-corrected chi connectivity index (χ0v) is 22.9. The topological polar surface area (TPSA) is 105 Å². The highest BCUT2D eigenvalue weighted by Gasteiger charge is 2.17. The first-order chi connectivity index (χ1) is 17.2. The van der Waals surface area contributed by atoms with E-state index in [0.717, 1.165) is 57.8 Å². The van der Waals surface area contributed by atoms with Crippen molar-refractivity contribution in [3.63, 3.8) is 0 Å². The summed E-state index contributed by atoms with van der Waals surface area (Å²) in [5, 5.41) is 21.0. The molecule has 0 heterocycles. The number of likely N-dealkylation sites (N-methyl/N-ethyl adjacent to an activating group) is 1. The smallest absolute Gasteiger partial charge is 0.305 e. The number of hydrogen-bond acceptors (Lipinski definition) is 7. The van der Waals surface area contributed by atoms with Crippen molar-refractivity contribution in [2.75, 3.05) is 47.5 Å². The van der Waals surface area contributed by atoms with Gasteiger partial charge in [-0.3, -0.25) is 4.79 Å². The highest BCUT2D eigenvalue weighted by Crippen LogP contribution is 2.09. The van der Waals surface area contributed by atoms with Crippen molar-refractivity contribution in [3.8, 4) is 0 Å². The minimum atomic E-state index is -1.58. The van der Waals surface area contributed by atoms with Crippen molar-refractivity contribution >= 4 is 11.9 Å². The van der Waals surface area contributed by atoms with E-state index in [1.165, 1.54) is 0 Å². The molecule has 0 aromatic rings. The van der Waals surface area contributed by atoms with Gasteiger partial charge in [0.1, 0.15) is 19.3 Å². The van der Waals surface area contributed by atoms with Crippen LogP contribution in [0.3, 0.4) is 0 Å². The van der Waals surface area contributed by atoms with Crippen LogP contribution in [0, 0.1) is 0 Å². The van der Waals surface area contributed by atoms with Crippen LogP contribution in [0.2, 0.25) is 0 Å². The fourth-order valence-electron chi connectivity index (χ4n) is 3.01. The van der Waals surface area contributed by atoms with Crippen LogP contribution in [-0.2, 0) is 23.8 Å². The summed E-state index contributed by atoms with van der Waals surface area (Å²) in [5.74, 6) is -1.90. The average Bonchev–Trinajstić information content (AvgIpc) is 2.81. The van der Waals surface area contributed by atoms with E-state index in [0.29, 0.717) is 17.4 Å². The third kappa shape index (κ3) is 23.7. The molecule has 0 amide bonds. The predicted molar refractivity (Wildman–Crippen MR) is 140 cm³/mol. The third-order valence-electron chi connectivity index (χ3n) is 5.13. The summed E-state index contributed by atoms with van der Waals surface area (Å²) >= 11 is 0. The Kier molecular flexibility index (Phi) is 21.0. The van der Waals surface area contributed by atoms with Crippen molar-refractivity contribution in [1.29, 1.82) is 0 Å². The van der Waals surface area contributed by atoms with Crippen molar-refractivity contribution in [2.24, 2.45) is 0 Å². The Morgan fingerprint density at radius 3 is 2.11 bits per heavy atom. The highest BCUT2D eigenvalue weighted by molar-refractivity contribution is 5.69. The second-order valence-electron chi connectivity index (χ2n) is 9.81. The molecule has 0 aliphatic rings. The zero-order valence-electron chi connectivity index (χ0n) is 22.9. The number of aliphatic hydroxyl groups excluding tert-OH is 1. The second kappa shape index (κ2) is 22.2. The molecule has 0 rings (SSSR count). The molecule has 0 bridgehead atoms. The van der Waals surface area contributed by atoms with Crippen LogP contribution in [0.25, 0.3) is 0 Å². The molecule has 0 spiro atoms. The number of quaternary nitrogens is 1. The van der Waals surface area contributed by atoms with Gasteiger partial charge in [-0.2, -0.15) is 0 Å². The SMILES string of the molecule is CC/C=C\C/C=C\C/C=C\CCCCCCCC(=O)OCC(O)COC(OCC[N+](C)(C)C)C(=O)[O-]. The maximum Gasteiger partial charge on any atom is 0.305 e. The summed E-state index contributed by atoms with van der Waals surface area (Å²) in [5.41, 5.74) is 0. The Balaban J connectivity index is 3.73. The van der Waals surface area contributed by atoms with E-state index in [1.54, 1.807) is 0 Å². The predicted octanol–water partition coefficient (Wildman–Crippen LogP) is 3.30. The van der Waals surface area contributed by atoms with Gasteiger partial charge in [-0.15, -0.1) is 0 Å². The zero-order chi connectivity index (χ0) is 27.1. The molecule has 2 unspecified atom stereocenters. The van der Waals surface area contributed by atoms with Crippen LogP contribution in [-0.4, -0.2) is 81.4 Å². The van der Waals surface area contributed by atoms with Crippen LogP contribution >= 0.6 is 0 Å². The number of esters is 1. The van der Waals surface area contributed by atoms with E-state index in [-0.39, 0.29) is 25.8 Å². The van der Waals surface area contributed by atoms with Gasteiger partial charge in [-0.1, -0.05) is 62.6 Å². The Morgan fingerprint density at radius 1 is 0.861 bits per heavy atom. The lowest BCUT2D eigenvalue weighted by Gasteiger charge is -2.26. The number of carboxylic acid groups (broad SMARTS) is 1. The molecule has 0 saturated heterocycles. The van der Waals surface area contributed by atoms with Gasteiger partial charge in [0.2, 0.25) is 0 Å². The maximum atomic E-state index is 11.8. The number of unbranched alkanes of at least 4 members (excludes halogenated alkanes) is 5. The number of carbonyl (C=O) groups excluding carboxylic acids is 2. The maximum absolute atomic E-state index is 11.8. The monoisotopic (exact) mass is 511 g/mol.